The lowest BCUT2D eigenvalue weighted by atomic mass is 9.92. The highest BCUT2D eigenvalue weighted by Crippen LogP contribution is 2.30. The van der Waals surface area contributed by atoms with Gasteiger partial charge < -0.3 is 10.1 Å². The van der Waals surface area contributed by atoms with E-state index in [4.69, 9.17) is 4.74 Å². The Kier molecular flexibility index (Phi) is 4.27. The first-order valence-electron chi connectivity index (χ1n) is 7.86. The van der Waals surface area contributed by atoms with Gasteiger partial charge in [0.05, 0.1) is 13.3 Å². The van der Waals surface area contributed by atoms with E-state index in [0.29, 0.717) is 11.3 Å². The number of hydrazone groups is 1. The van der Waals surface area contributed by atoms with Crippen LogP contribution in [0.15, 0.2) is 53.6 Å². The van der Waals surface area contributed by atoms with Crippen molar-refractivity contribution < 1.29 is 14.3 Å². The van der Waals surface area contributed by atoms with Gasteiger partial charge in [0, 0.05) is 0 Å². The number of carbonyl (C=O) groups is 2. The van der Waals surface area contributed by atoms with Gasteiger partial charge in [-0.15, -0.1) is 5.01 Å². The van der Waals surface area contributed by atoms with Crippen molar-refractivity contribution in [1.82, 2.24) is 10.3 Å². The van der Waals surface area contributed by atoms with E-state index in [1.807, 2.05) is 31.2 Å². The Morgan fingerprint density at radius 3 is 2.52 bits per heavy atom. The number of benzene rings is 2. The molecule has 1 fully saturated rings. The Morgan fingerprint density at radius 1 is 1.16 bits per heavy atom. The van der Waals surface area contributed by atoms with Crippen LogP contribution in [-0.2, 0) is 10.3 Å². The number of aryl methyl sites for hydroxylation is 1. The summed E-state index contributed by atoms with van der Waals surface area (Å²) in [5.41, 5.74) is 1.40. The van der Waals surface area contributed by atoms with E-state index >= 15 is 0 Å². The number of hydrogen-bond donors (Lipinski definition) is 1. The Hall–Kier alpha value is -3.15. The fourth-order valence-electron chi connectivity index (χ4n) is 2.72. The number of hydrogen-bond acceptors (Lipinski definition) is 4. The van der Waals surface area contributed by atoms with Crippen LogP contribution in [0, 0.1) is 6.92 Å². The van der Waals surface area contributed by atoms with Crippen LogP contribution in [0.4, 0.5) is 4.79 Å². The van der Waals surface area contributed by atoms with Gasteiger partial charge in [0.2, 0.25) is 0 Å². The maximum Gasteiger partial charge on any atom is 0.346 e. The van der Waals surface area contributed by atoms with Gasteiger partial charge in [-0.25, -0.2) is 4.79 Å². The first-order chi connectivity index (χ1) is 11.9. The lowest BCUT2D eigenvalue weighted by Gasteiger charge is -2.21. The minimum atomic E-state index is -1.16. The van der Waals surface area contributed by atoms with E-state index in [1.165, 1.54) is 6.21 Å². The zero-order chi connectivity index (χ0) is 18.0. The molecule has 1 aliphatic rings. The van der Waals surface area contributed by atoms with Crippen LogP contribution in [0.5, 0.6) is 5.75 Å². The monoisotopic (exact) mass is 337 g/mol. The van der Waals surface area contributed by atoms with Gasteiger partial charge in [0.25, 0.3) is 5.91 Å². The normalized spacial score (nSPS) is 20.2. The van der Waals surface area contributed by atoms with E-state index in [9.17, 15) is 9.59 Å². The van der Waals surface area contributed by atoms with Crippen LogP contribution >= 0.6 is 0 Å². The van der Waals surface area contributed by atoms with E-state index in [-0.39, 0.29) is 0 Å². The molecule has 0 unspecified atom stereocenters. The Labute approximate surface area is 146 Å². The fourth-order valence-corrected chi connectivity index (χ4v) is 2.72. The third kappa shape index (κ3) is 3.10. The molecular formula is C19H19N3O3. The van der Waals surface area contributed by atoms with Crippen LogP contribution in [-0.4, -0.2) is 30.3 Å². The van der Waals surface area contributed by atoms with Gasteiger partial charge in [0.15, 0.2) is 0 Å². The van der Waals surface area contributed by atoms with Gasteiger partial charge in [-0.05, 0) is 37.1 Å². The van der Waals surface area contributed by atoms with Gasteiger partial charge >= 0.3 is 6.03 Å². The molecule has 0 aromatic heterocycles. The van der Waals surface area contributed by atoms with E-state index in [1.54, 1.807) is 38.3 Å². The van der Waals surface area contributed by atoms with Crippen molar-refractivity contribution in [2.75, 3.05) is 7.11 Å². The predicted octanol–water partition coefficient (Wildman–Crippen LogP) is 2.80. The van der Waals surface area contributed by atoms with Crippen molar-refractivity contribution in [3.63, 3.8) is 0 Å². The highest BCUT2D eigenvalue weighted by Gasteiger charge is 2.49. The zero-order valence-electron chi connectivity index (χ0n) is 14.3. The van der Waals surface area contributed by atoms with Crippen LogP contribution in [0.3, 0.4) is 0 Å². The molecule has 2 aromatic carbocycles. The third-order valence-corrected chi connectivity index (χ3v) is 4.20. The average molecular weight is 337 g/mol. The Balaban J connectivity index is 1.86. The SMILES string of the molecule is COc1ccc([C@@]2(C)NC(=O)N(/N=C\c3cccc(C)c3)C2=O)cc1. The smallest absolute Gasteiger partial charge is 0.346 e. The van der Waals surface area contributed by atoms with Crippen molar-refractivity contribution in [3.05, 3.63) is 65.2 Å². The molecule has 0 spiro atoms. The first kappa shape index (κ1) is 16.7. The molecule has 1 aliphatic heterocycles. The quantitative estimate of drug-likeness (QED) is 0.689. The molecule has 0 saturated carbocycles. The first-order valence-corrected chi connectivity index (χ1v) is 7.86. The summed E-state index contributed by atoms with van der Waals surface area (Å²) in [7, 11) is 1.57. The lowest BCUT2D eigenvalue weighted by Crippen LogP contribution is -2.40. The predicted molar refractivity (Wildman–Crippen MR) is 94.5 cm³/mol. The van der Waals surface area contributed by atoms with Gasteiger partial charge in [-0.3, -0.25) is 4.79 Å². The summed E-state index contributed by atoms with van der Waals surface area (Å²) in [6.45, 7) is 3.63. The largest absolute Gasteiger partial charge is 0.497 e. The minimum absolute atomic E-state index is 0.424. The van der Waals surface area contributed by atoms with E-state index < -0.39 is 17.5 Å². The number of ether oxygens (including phenoxy) is 1. The van der Waals surface area contributed by atoms with Crippen molar-refractivity contribution >= 4 is 18.2 Å². The van der Waals surface area contributed by atoms with Crippen molar-refractivity contribution in [2.24, 2.45) is 5.10 Å². The molecule has 0 bridgehead atoms. The summed E-state index contributed by atoms with van der Waals surface area (Å²) in [6.07, 6.45) is 1.50. The molecule has 0 aliphatic carbocycles. The standard InChI is InChI=1S/C19H19N3O3/c1-13-5-4-6-14(11-13)12-20-22-17(23)19(2,21-18(22)24)15-7-9-16(25-3)10-8-15/h4-12H,1-3H3,(H,21,24)/b20-12-/t19-/m1/s1. The summed E-state index contributed by atoms with van der Waals surface area (Å²) in [6, 6.07) is 14.1. The van der Waals surface area contributed by atoms with Crippen LogP contribution < -0.4 is 10.1 Å². The number of nitrogens with zero attached hydrogens (tertiary/aromatic N) is 2. The summed E-state index contributed by atoms with van der Waals surface area (Å²) >= 11 is 0. The van der Waals surface area contributed by atoms with Crippen LogP contribution in [0.25, 0.3) is 0 Å². The Morgan fingerprint density at radius 2 is 1.88 bits per heavy atom. The molecule has 2 aromatic rings. The molecule has 1 atom stereocenters. The number of carbonyl (C=O) groups excluding carboxylic acids is 2. The van der Waals surface area contributed by atoms with Crippen molar-refractivity contribution in [2.45, 2.75) is 19.4 Å². The van der Waals surface area contributed by atoms with E-state index in [0.717, 1.165) is 16.1 Å². The van der Waals surface area contributed by atoms with Gasteiger partial charge in [-0.2, -0.15) is 5.10 Å². The molecule has 0 radical (unpaired) electrons. The number of amides is 3. The second kappa shape index (κ2) is 6.39. The third-order valence-electron chi connectivity index (χ3n) is 4.20. The highest BCUT2D eigenvalue weighted by molar-refractivity contribution is 6.07. The summed E-state index contributed by atoms with van der Waals surface area (Å²) in [5.74, 6) is 0.255. The number of nitrogens with one attached hydrogen (secondary N) is 1. The molecule has 1 N–H and O–H groups in total. The highest BCUT2D eigenvalue weighted by atomic mass is 16.5. The number of urea groups is 1. The average Bonchev–Trinajstić information content (AvgIpc) is 2.83. The zero-order valence-corrected chi connectivity index (χ0v) is 14.3. The lowest BCUT2D eigenvalue weighted by molar-refractivity contribution is -0.131. The second-order valence-corrected chi connectivity index (χ2v) is 6.06. The fraction of sp³-hybridized carbons (Fsp3) is 0.211. The molecule has 3 rings (SSSR count). The summed E-state index contributed by atoms with van der Waals surface area (Å²) in [5, 5.41) is 7.66. The number of imide groups is 1. The minimum Gasteiger partial charge on any atom is -0.497 e. The molecule has 6 nitrogen and oxygen atoms in total. The van der Waals surface area contributed by atoms with Crippen molar-refractivity contribution in [3.8, 4) is 5.75 Å². The Bertz CT molecular complexity index is 845. The summed E-state index contributed by atoms with van der Waals surface area (Å²) in [4.78, 5) is 25.0. The van der Waals surface area contributed by atoms with E-state index in [2.05, 4.69) is 10.4 Å². The number of methoxy groups -OCH3 is 1. The van der Waals surface area contributed by atoms with Gasteiger partial charge in [-0.1, -0.05) is 42.0 Å². The van der Waals surface area contributed by atoms with Crippen LogP contribution in [0.2, 0.25) is 0 Å². The van der Waals surface area contributed by atoms with Gasteiger partial charge in [0.1, 0.15) is 11.3 Å². The maximum atomic E-state index is 12.8. The maximum absolute atomic E-state index is 12.8. The summed E-state index contributed by atoms with van der Waals surface area (Å²) < 4.78 is 5.12. The number of rotatable bonds is 4. The molecule has 3 amide bonds. The molecule has 25 heavy (non-hydrogen) atoms. The molecule has 128 valence electrons. The molecule has 1 heterocycles. The second-order valence-electron chi connectivity index (χ2n) is 6.06. The van der Waals surface area contributed by atoms with Crippen molar-refractivity contribution in [1.29, 1.82) is 0 Å². The topological polar surface area (TPSA) is 71.0 Å². The molecule has 6 heteroatoms. The molecular weight excluding hydrogens is 318 g/mol. The molecule has 1 saturated heterocycles. The van der Waals surface area contributed by atoms with Crippen LogP contribution in [0.1, 0.15) is 23.6 Å².